The fourth-order valence-corrected chi connectivity index (χ4v) is 2.73. The summed E-state index contributed by atoms with van der Waals surface area (Å²) in [5, 5.41) is 2.04. The van der Waals surface area contributed by atoms with Crippen molar-refractivity contribution in [2.24, 2.45) is 0 Å². The monoisotopic (exact) mass is 290 g/mol. The van der Waals surface area contributed by atoms with Gasteiger partial charge < -0.3 is 5.43 Å². The van der Waals surface area contributed by atoms with Crippen molar-refractivity contribution in [3.63, 3.8) is 0 Å². The molecule has 2 rings (SSSR count). The van der Waals surface area contributed by atoms with Gasteiger partial charge in [0, 0.05) is 18.8 Å². The minimum atomic E-state index is -4.50. The predicted molar refractivity (Wildman–Crippen MR) is 68.7 cm³/mol. The molecule has 1 N–H and O–H groups in total. The van der Waals surface area contributed by atoms with E-state index in [0.29, 0.717) is 5.69 Å². The summed E-state index contributed by atoms with van der Waals surface area (Å²) in [4.78, 5) is -0.355. The zero-order chi connectivity index (χ0) is 13.9. The molecule has 0 unspecified atom stereocenters. The summed E-state index contributed by atoms with van der Waals surface area (Å²) >= 11 is 0. The van der Waals surface area contributed by atoms with Gasteiger partial charge in [-0.25, -0.2) is 13.4 Å². The van der Waals surface area contributed by atoms with Gasteiger partial charge in [-0.1, -0.05) is 6.42 Å². The molecule has 0 bridgehead atoms. The Morgan fingerprint density at radius 3 is 2.16 bits per heavy atom. The lowest BCUT2D eigenvalue weighted by Crippen LogP contribution is -2.34. The minimum Gasteiger partial charge on any atom is -0.319 e. The normalized spacial score (nSPS) is 17.6. The van der Waals surface area contributed by atoms with Crippen molar-refractivity contribution in [3.05, 3.63) is 24.3 Å². The van der Waals surface area contributed by atoms with Crippen molar-refractivity contribution in [2.75, 3.05) is 18.5 Å². The quantitative estimate of drug-likeness (QED) is 0.925. The largest absolute Gasteiger partial charge is 0.341 e. The topological polar surface area (TPSA) is 49.4 Å². The number of sulfone groups is 1. The average Bonchev–Trinajstić information content (AvgIpc) is 2.40. The van der Waals surface area contributed by atoms with Crippen LogP contribution in [0.3, 0.4) is 0 Å². The van der Waals surface area contributed by atoms with Crippen molar-refractivity contribution in [3.8, 4) is 0 Å². The van der Waals surface area contributed by atoms with Gasteiger partial charge in [0.15, 0.2) is 0 Å². The minimum absolute atomic E-state index is 0.355. The highest BCUT2D eigenvalue weighted by Crippen LogP contribution is 2.21. The highest BCUT2D eigenvalue weighted by molar-refractivity contribution is 7.91. The molecule has 0 spiro atoms. The first-order valence-electron chi connectivity index (χ1n) is 6.14. The van der Waals surface area contributed by atoms with Crippen LogP contribution in [-0.4, -0.2) is 32.3 Å². The zero-order valence-electron chi connectivity index (χ0n) is 10.4. The standard InChI is InChI=1S/C12H16F2N2O2S/c13-12(14)19(17,18)11-6-4-10(5-7-11)15-16-8-2-1-3-9-16/h4-7,12,15H,1-3,8-9H2. The van der Waals surface area contributed by atoms with Crippen LogP contribution in [0.1, 0.15) is 19.3 Å². The number of nitrogens with zero attached hydrogens (tertiary/aromatic N) is 1. The summed E-state index contributed by atoms with van der Waals surface area (Å²) in [6, 6.07) is 5.41. The highest BCUT2D eigenvalue weighted by Gasteiger charge is 2.26. The number of nitrogens with one attached hydrogen (secondary N) is 1. The SMILES string of the molecule is O=S(=O)(c1ccc(NN2CCCCC2)cc1)C(F)F. The fourth-order valence-electron chi connectivity index (χ4n) is 2.01. The first-order chi connectivity index (χ1) is 9.00. The molecule has 7 heteroatoms. The van der Waals surface area contributed by atoms with E-state index in [2.05, 4.69) is 5.43 Å². The smallest absolute Gasteiger partial charge is 0.319 e. The molecule has 19 heavy (non-hydrogen) atoms. The Morgan fingerprint density at radius 1 is 1.05 bits per heavy atom. The molecule has 1 aromatic carbocycles. The maximum absolute atomic E-state index is 12.4. The van der Waals surface area contributed by atoms with Crippen LogP contribution in [0.15, 0.2) is 29.2 Å². The Labute approximate surface area is 111 Å². The summed E-state index contributed by atoms with van der Waals surface area (Å²) in [6.07, 6.45) is 3.44. The van der Waals surface area contributed by atoms with E-state index in [1.807, 2.05) is 5.01 Å². The van der Waals surface area contributed by atoms with Crippen molar-refractivity contribution < 1.29 is 17.2 Å². The second-order valence-corrected chi connectivity index (χ2v) is 6.41. The number of anilines is 1. The van der Waals surface area contributed by atoms with Gasteiger partial charge in [0.25, 0.3) is 0 Å². The maximum Gasteiger partial charge on any atom is 0.341 e. The number of hydrazine groups is 1. The summed E-state index contributed by atoms with van der Waals surface area (Å²) in [5.41, 5.74) is 3.84. The summed E-state index contributed by atoms with van der Waals surface area (Å²) in [6.45, 7) is 1.86. The number of hydrogen-bond donors (Lipinski definition) is 1. The molecule has 0 saturated carbocycles. The van der Waals surface area contributed by atoms with Crippen molar-refractivity contribution in [1.82, 2.24) is 5.01 Å². The van der Waals surface area contributed by atoms with E-state index in [0.717, 1.165) is 25.9 Å². The lowest BCUT2D eigenvalue weighted by Gasteiger charge is -2.27. The molecule has 1 aromatic rings. The van der Waals surface area contributed by atoms with Gasteiger partial charge in [0.1, 0.15) is 0 Å². The molecule has 1 aliphatic heterocycles. The summed E-state index contributed by atoms with van der Waals surface area (Å²) in [5.74, 6) is -3.38. The van der Waals surface area contributed by atoms with Crippen LogP contribution in [0.4, 0.5) is 14.5 Å². The van der Waals surface area contributed by atoms with E-state index in [-0.39, 0.29) is 4.90 Å². The molecule has 0 amide bonds. The second kappa shape index (κ2) is 5.83. The third-order valence-electron chi connectivity index (χ3n) is 3.06. The lowest BCUT2D eigenvalue weighted by atomic mass is 10.2. The van der Waals surface area contributed by atoms with Crippen molar-refractivity contribution in [1.29, 1.82) is 0 Å². The molecule has 1 heterocycles. The van der Waals surface area contributed by atoms with Crippen LogP contribution in [0, 0.1) is 0 Å². The summed E-state index contributed by atoms with van der Waals surface area (Å²) in [7, 11) is -4.50. The number of halogens is 2. The van der Waals surface area contributed by atoms with Crippen LogP contribution in [-0.2, 0) is 9.84 Å². The Morgan fingerprint density at radius 2 is 1.63 bits per heavy atom. The van der Waals surface area contributed by atoms with Crippen LogP contribution in [0.2, 0.25) is 0 Å². The molecule has 0 aromatic heterocycles. The lowest BCUT2D eigenvalue weighted by molar-refractivity contribution is 0.234. The molecular formula is C12H16F2N2O2S. The van der Waals surface area contributed by atoms with Crippen LogP contribution in [0.25, 0.3) is 0 Å². The highest BCUT2D eigenvalue weighted by atomic mass is 32.2. The average molecular weight is 290 g/mol. The van der Waals surface area contributed by atoms with E-state index in [4.69, 9.17) is 0 Å². The van der Waals surface area contributed by atoms with E-state index in [9.17, 15) is 17.2 Å². The van der Waals surface area contributed by atoms with E-state index in [1.54, 1.807) is 0 Å². The molecular weight excluding hydrogens is 274 g/mol. The Balaban J connectivity index is 2.06. The second-order valence-electron chi connectivity index (χ2n) is 4.49. The fraction of sp³-hybridized carbons (Fsp3) is 0.500. The molecule has 4 nitrogen and oxygen atoms in total. The number of hydrogen-bond acceptors (Lipinski definition) is 4. The zero-order valence-corrected chi connectivity index (χ0v) is 11.2. The van der Waals surface area contributed by atoms with Gasteiger partial charge >= 0.3 is 5.76 Å². The van der Waals surface area contributed by atoms with Gasteiger partial charge in [-0.2, -0.15) is 8.78 Å². The Kier molecular flexibility index (Phi) is 4.36. The molecule has 1 fully saturated rings. The Bertz CT molecular complexity index is 511. The molecule has 106 valence electrons. The molecule has 1 aliphatic rings. The molecule has 1 saturated heterocycles. The number of alkyl halides is 2. The number of rotatable bonds is 4. The Hall–Kier alpha value is -1.21. The number of benzene rings is 1. The first-order valence-corrected chi connectivity index (χ1v) is 7.68. The summed E-state index contributed by atoms with van der Waals surface area (Å²) < 4.78 is 47.2. The van der Waals surface area contributed by atoms with E-state index >= 15 is 0 Å². The number of piperidine rings is 1. The predicted octanol–water partition coefficient (Wildman–Crippen LogP) is 2.50. The first kappa shape index (κ1) is 14.2. The third kappa shape index (κ3) is 3.42. The van der Waals surface area contributed by atoms with E-state index in [1.165, 1.54) is 30.7 Å². The van der Waals surface area contributed by atoms with Crippen molar-refractivity contribution in [2.45, 2.75) is 29.9 Å². The van der Waals surface area contributed by atoms with Crippen LogP contribution >= 0.6 is 0 Å². The van der Waals surface area contributed by atoms with Gasteiger partial charge in [-0.15, -0.1) is 0 Å². The van der Waals surface area contributed by atoms with Gasteiger partial charge in [-0.05, 0) is 37.1 Å². The van der Waals surface area contributed by atoms with Gasteiger partial charge in [-0.3, -0.25) is 0 Å². The maximum atomic E-state index is 12.4. The van der Waals surface area contributed by atoms with Crippen LogP contribution < -0.4 is 5.43 Å². The molecule has 0 radical (unpaired) electrons. The van der Waals surface area contributed by atoms with Crippen molar-refractivity contribution >= 4 is 15.5 Å². The van der Waals surface area contributed by atoms with E-state index < -0.39 is 15.6 Å². The third-order valence-corrected chi connectivity index (χ3v) is 4.46. The van der Waals surface area contributed by atoms with Gasteiger partial charge in [0.2, 0.25) is 9.84 Å². The van der Waals surface area contributed by atoms with Crippen LogP contribution in [0.5, 0.6) is 0 Å². The molecule has 0 atom stereocenters. The van der Waals surface area contributed by atoms with Gasteiger partial charge in [0.05, 0.1) is 4.90 Å². The molecule has 0 aliphatic carbocycles.